The first-order chi connectivity index (χ1) is 15.4. The summed E-state index contributed by atoms with van der Waals surface area (Å²) in [5, 5.41) is 6.23. The minimum absolute atomic E-state index is 0.0935. The summed E-state index contributed by atoms with van der Waals surface area (Å²) < 4.78 is 40.4. The summed E-state index contributed by atoms with van der Waals surface area (Å²) in [7, 11) is 0. The van der Waals surface area contributed by atoms with Crippen LogP contribution in [-0.4, -0.2) is 54.3 Å². The van der Waals surface area contributed by atoms with Gasteiger partial charge in [-0.15, -0.1) is 0 Å². The maximum atomic E-state index is 13.5. The van der Waals surface area contributed by atoms with Gasteiger partial charge in [-0.25, -0.2) is 4.98 Å². The second kappa shape index (κ2) is 8.14. The average Bonchev–Trinajstić information content (AvgIpc) is 2.79. The van der Waals surface area contributed by atoms with Crippen LogP contribution in [0.1, 0.15) is 36.0 Å². The van der Waals surface area contributed by atoms with Crippen LogP contribution in [0.3, 0.4) is 0 Å². The number of fused-ring (bicyclic) bond motifs is 4. The van der Waals surface area contributed by atoms with Crippen LogP contribution in [0, 0.1) is 5.92 Å². The maximum Gasteiger partial charge on any atom is 0.393 e. The van der Waals surface area contributed by atoms with Gasteiger partial charge in [-0.3, -0.25) is 9.78 Å². The topological polar surface area (TPSA) is 73.4 Å². The number of alkyl halides is 3. The fraction of sp³-hybridized carbons (Fsp3) is 0.500. The van der Waals surface area contributed by atoms with Crippen LogP contribution in [0.25, 0.3) is 0 Å². The highest BCUT2D eigenvalue weighted by Gasteiger charge is 2.43. The van der Waals surface area contributed by atoms with Gasteiger partial charge in [0.25, 0.3) is 5.91 Å². The van der Waals surface area contributed by atoms with Crippen molar-refractivity contribution in [1.29, 1.82) is 0 Å². The van der Waals surface area contributed by atoms with E-state index in [0.29, 0.717) is 30.3 Å². The third-order valence-electron chi connectivity index (χ3n) is 6.43. The standard InChI is InChI=1S/C22H25F3N6O/c23-22(24,25)14-4-2-9-31(12-14)20-17(21(32)28-15-5-1-7-26-11-15)10-18-19(29-20)27-16-6-3-8-30(18)13-16/h1,5,7,10-11,14,16H,2-4,6,8-9,12-13H2,(H,27,29)(H,28,32). The Kier molecular flexibility index (Phi) is 5.30. The van der Waals surface area contributed by atoms with Crippen molar-refractivity contribution < 1.29 is 18.0 Å². The highest BCUT2D eigenvalue weighted by Crippen LogP contribution is 2.40. The molecule has 0 saturated carbocycles. The molecule has 0 spiro atoms. The number of hydrogen-bond donors (Lipinski definition) is 2. The molecule has 3 aliphatic rings. The zero-order valence-electron chi connectivity index (χ0n) is 17.5. The van der Waals surface area contributed by atoms with Crippen LogP contribution < -0.4 is 20.4 Å². The number of pyridine rings is 2. The van der Waals surface area contributed by atoms with Crippen LogP contribution in [0.2, 0.25) is 0 Å². The second-order valence-corrected chi connectivity index (χ2v) is 8.68. The smallest absolute Gasteiger partial charge is 0.366 e. The molecule has 32 heavy (non-hydrogen) atoms. The Labute approximate surface area is 184 Å². The van der Waals surface area contributed by atoms with E-state index in [4.69, 9.17) is 4.98 Å². The predicted octanol–water partition coefficient (Wildman–Crippen LogP) is 3.90. The molecule has 2 atom stereocenters. The third kappa shape index (κ3) is 4.05. The van der Waals surface area contributed by atoms with Crippen LogP contribution in [0.15, 0.2) is 30.6 Å². The number of piperidine rings is 2. The maximum absolute atomic E-state index is 13.5. The summed E-state index contributed by atoms with van der Waals surface area (Å²) in [4.78, 5) is 25.8. The van der Waals surface area contributed by atoms with E-state index in [2.05, 4.69) is 20.5 Å². The minimum atomic E-state index is -4.27. The fourth-order valence-electron chi connectivity index (χ4n) is 4.83. The number of aromatic nitrogens is 2. The molecule has 0 aromatic carbocycles. The quantitative estimate of drug-likeness (QED) is 0.745. The Hall–Kier alpha value is -3.04. The first-order valence-electron chi connectivity index (χ1n) is 11.0. The minimum Gasteiger partial charge on any atom is -0.366 e. The van der Waals surface area contributed by atoms with Gasteiger partial charge in [0.05, 0.1) is 29.1 Å². The van der Waals surface area contributed by atoms with Crippen molar-refractivity contribution in [2.24, 2.45) is 5.92 Å². The van der Waals surface area contributed by atoms with Crippen molar-refractivity contribution in [1.82, 2.24) is 9.97 Å². The third-order valence-corrected chi connectivity index (χ3v) is 6.43. The zero-order valence-corrected chi connectivity index (χ0v) is 17.5. The van der Waals surface area contributed by atoms with E-state index in [-0.39, 0.29) is 24.6 Å². The van der Waals surface area contributed by atoms with Gasteiger partial charge in [0.2, 0.25) is 0 Å². The lowest BCUT2D eigenvalue weighted by molar-refractivity contribution is -0.176. The molecule has 3 aliphatic heterocycles. The summed E-state index contributed by atoms with van der Waals surface area (Å²) in [6.45, 7) is 1.93. The monoisotopic (exact) mass is 446 g/mol. The van der Waals surface area contributed by atoms with Gasteiger partial charge in [0.15, 0.2) is 5.82 Å². The Morgan fingerprint density at radius 1 is 1.16 bits per heavy atom. The van der Waals surface area contributed by atoms with Gasteiger partial charge in [-0.1, -0.05) is 0 Å². The molecule has 10 heteroatoms. The summed E-state index contributed by atoms with van der Waals surface area (Å²) >= 11 is 0. The molecule has 0 aliphatic carbocycles. The van der Waals surface area contributed by atoms with Crippen LogP contribution in [0.4, 0.5) is 36.2 Å². The van der Waals surface area contributed by atoms with Gasteiger partial charge >= 0.3 is 6.18 Å². The number of carbonyl (C=O) groups is 1. The fourth-order valence-corrected chi connectivity index (χ4v) is 4.83. The molecule has 2 aromatic rings. The summed E-state index contributed by atoms with van der Waals surface area (Å²) in [6, 6.07) is 5.46. The van der Waals surface area contributed by atoms with E-state index in [1.165, 1.54) is 6.20 Å². The molecule has 1 amide bonds. The Balaban J connectivity index is 1.53. The number of rotatable bonds is 3. The van der Waals surface area contributed by atoms with Crippen molar-refractivity contribution in [3.63, 3.8) is 0 Å². The first-order valence-corrected chi connectivity index (χ1v) is 11.0. The second-order valence-electron chi connectivity index (χ2n) is 8.68. The molecule has 2 unspecified atom stereocenters. The van der Waals surface area contributed by atoms with E-state index < -0.39 is 18.0 Å². The van der Waals surface area contributed by atoms with Crippen molar-refractivity contribution in [3.8, 4) is 0 Å². The lowest BCUT2D eigenvalue weighted by Crippen LogP contribution is -2.47. The first kappa shape index (κ1) is 20.8. The largest absolute Gasteiger partial charge is 0.393 e. The highest BCUT2D eigenvalue weighted by atomic mass is 19.4. The number of halogens is 3. The molecule has 170 valence electrons. The van der Waals surface area contributed by atoms with E-state index in [0.717, 1.165) is 31.6 Å². The SMILES string of the molecule is O=C(Nc1cccnc1)c1cc2c(nc1N1CCCC(C(F)(F)F)C1)NC1CCCN2C1. The van der Waals surface area contributed by atoms with Gasteiger partial charge in [0.1, 0.15) is 5.82 Å². The number of nitrogens with one attached hydrogen (secondary N) is 2. The summed E-state index contributed by atoms with van der Waals surface area (Å²) in [5.41, 5.74) is 1.62. The molecular formula is C22H25F3N6O. The van der Waals surface area contributed by atoms with Gasteiger partial charge in [0, 0.05) is 38.4 Å². The number of hydrogen-bond acceptors (Lipinski definition) is 6. The molecular weight excluding hydrogens is 421 g/mol. The highest BCUT2D eigenvalue weighted by molar-refractivity contribution is 6.08. The van der Waals surface area contributed by atoms with Crippen molar-refractivity contribution >= 4 is 28.9 Å². The van der Waals surface area contributed by atoms with Crippen molar-refractivity contribution in [2.45, 2.75) is 37.9 Å². The molecule has 2 saturated heterocycles. The Morgan fingerprint density at radius 3 is 2.75 bits per heavy atom. The number of nitrogens with zero attached hydrogens (tertiary/aromatic N) is 4. The van der Waals surface area contributed by atoms with Gasteiger partial charge in [-0.2, -0.15) is 13.2 Å². The zero-order chi connectivity index (χ0) is 22.3. The summed E-state index contributed by atoms with van der Waals surface area (Å²) in [6.07, 6.45) is 1.41. The normalized spacial score (nSPS) is 22.7. The van der Waals surface area contributed by atoms with Crippen molar-refractivity contribution in [2.75, 3.05) is 46.6 Å². The average molecular weight is 446 g/mol. The Bertz CT molecular complexity index is 999. The molecule has 7 nitrogen and oxygen atoms in total. The van der Waals surface area contributed by atoms with E-state index in [9.17, 15) is 18.0 Å². The molecule has 5 rings (SSSR count). The lowest BCUT2D eigenvalue weighted by atomic mass is 9.96. The molecule has 0 radical (unpaired) electrons. The van der Waals surface area contributed by atoms with Crippen LogP contribution >= 0.6 is 0 Å². The predicted molar refractivity (Wildman–Crippen MR) is 116 cm³/mol. The molecule has 5 heterocycles. The van der Waals surface area contributed by atoms with E-state index in [1.807, 2.05) is 0 Å². The van der Waals surface area contributed by atoms with Gasteiger partial charge in [-0.05, 0) is 43.9 Å². The van der Waals surface area contributed by atoms with E-state index in [1.54, 1.807) is 29.3 Å². The molecule has 2 bridgehead atoms. The molecule has 2 fully saturated rings. The molecule has 2 N–H and O–H groups in total. The van der Waals surface area contributed by atoms with Gasteiger partial charge < -0.3 is 20.4 Å². The lowest BCUT2D eigenvalue weighted by Gasteiger charge is -2.42. The number of carbonyl (C=O) groups excluding carboxylic acids is 1. The Morgan fingerprint density at radius 2 is 1.97 bits per heavy atom. The van der Waals surface area contributed by atoms with E-state index >= 15 is 0 Å². The van der Waals surface area contributed by atoms with Crippen LogP contribution in [0.5, 0.6) is 0 Å². The number of anilines is 4. The summed E-state index contributed by atoms with van der Waals surface area (Å²) in [5.74, 6) is -0.897. The molecule has 2 aromatic heterocycles. The number of amides is 1. The van der Waals surface area contributed by atoms with Crippen LogP contribution in [-0.2, 0) is 0 Å². The van der Waals surface area contributed by atoms with Crippen molar-refractivity contribution in [3.05, 3.63) is 36.2 Å².